The third-order valence-corrected chi connectivity index (χ3v) is 2.83. The molecular weight excluding hydrogens is 222 g/mol. The van der Waals surface area contributed by atoms with Gasteiger partial charge >= 0.3 is 0 Å². The van der Waals surface area contributed by atoms with E-state index in [-0.39, 0.29) is 0 Å². The summed E-state index contributed by atoms with van der Waals surface area (Å²) >= 11 is 0. The van der Waals surface area contributed by atoms with Gasteiger partial charge in [0, 0.05) is 24.7 Å². The Morgan fingerprint density at radius 1 is 1.22 bits per heavy atom. The molecule has 102 valence electrons. The fourth-order valence-corrected chi connectivity index (χ4v) is 1.96. The molecule has 18 heavy (non-hydrogen) atoms. The fourth-order valence-electron chi connectivity index (χ4n) is 1.96. The van der Waals surface area contributed by atoms with Crippen LogP contribution in [0, 0.1) is 5.92 Å². The maximum Gasteiger partial charge on any atom is 0.128 e. The van der Waals surface area contributed by atoms with Crippen molar-refractivity contribution in [3.63, 3.8) is 0 Å². The van der Waals surface area contributed by atoms with Crippen LogP contribution in [-0.2, 0) is 13.0 Å². The third-order valence-electron chi connectivity index (χ3n) is 2.83. The number of nitrogens with one attached hydrogen (secondary N) is 1. The summed E-state index contributed by atoms with van der Waals surface area (Å²) < 4.78 is 0. The molecule has 0 spiro atoms. The van der Waals surface area contributed by atoms with Gasteiger partial charge in [-0.25, -0.2) is 9.97 Å². The van der Waals surface area contributed by atoms with E-state index in [4.69, 9.17) is 4.98 Å². The maximum absolute atomic E-state index is 4.74. The zero-order valence-corrected chi connectivity index (χ0v) is 12.5. The van der Waals surface area contributed by atoms with Crippen molar-refractivity contribution in [1.82, 2.24) is 15.3 Å². The van der Waals surface area contributed by atoms with Crippen molar-refractivity contribution in [2.75, 3.05) is 6.54 Å². The zero-order valence-electron chi connectivity index (χ0n) is 12.5. The second kappa shape index (κ2) is 7.47. The molecule has 0 saturated heterocycles. The minimum absolute atomic E-state index is 0.456. The molecule has 0 aliphatic carbocycles. The average Bonchev–Trinajstić information content (AvgIpc) is 2.30. The molecule has 1 rings (SSSR count). The van der Waals surface area contributed by atoms with Crippen LogP contribution in [0.4, 0.5) is 0 Å². The molecule has 1 aromatic rings. The second-order valence-corrected chi connectivity index (χ2v) is 5.63. The van der Waals surface area contributed by atoms with Crippen molar-refractivity contribution in [2.45, 2.75) is 59.9 Å². The lowest BCUT2D eigenvalue weighted by Gasteiger charge is -2.14. The molecule has 0 amide bonds. The summed E-state index contributed by atoms with van der Waals surface area (Å²) in [5.74, 6) is 2.04. The first-order chi connectivity index (χ1) is 8.54. The largest absolute Gasteiger partial charge is 0.313 e. The summed E-state index contributed by atoms with van der Waals surface area (Å²) in [4.78, 5) is 9.23. The number of nitrogens with zero attached hydrogens (tertiary/aromatic N) is 2. The summed E-state index contributed by atoms with van der Waals surface area (Å²) in [7, 11) is 0. The molecule has 0 aromatic carbocycles. The molecule has 1 N–H and O–H groups in total. The molecule has 0 unspecified atom stereocenters. The highest BCUT2D eigenvalue weighted by Gasteiger charge is 2.11. The van der Waals surface area contributed by atoms with Crippen LogP contribution >= 0.6 is 0 Å². The topological polar surface area (TPSA) is 37.8 Å². The van der Waals surface area contributed by atoms with Crippen molar-refractivity contribution in [3.05, 3.63) is 23.3 Å². The van der Waals surface area contributed by atoms with Gasteiger partial charge in [-0.2, -0.15) is 0 Å². The highest BCUT2D eigenvalue weighted by atomic mass is 14.9. The smallest absolute Gasteiger partial charge is 0.128 e. The summed E-state index contributed by atoms with van der Waals surface area (Å²) in [5, 5.41) is 3.43. The van der Waals surface area contributed by atoms with Gasteiger partial charge in [0.1, 0.15) is 5.82 Å². The van der Waals surface area contributed by atoms with Crippen LogP contribution in [0.1, 0.15) is 64.0 Å². The van der Waals surface area contributed by atoms with E-state index in [9.17, 15) is 0 Å². The van der Waals surface area contributed by atoms with Crippen molar-refractivity contribution >= 4 is 0 Å². The lowest BCUT2D eigenvalue weighted by atomic mass is 10.0. The lowest BCUT2D eigenvalue weighted by molar-refractivity contribution is 0.605. The summed E-state index contributed by atoms with van der Waals surface area (Å²) in [6.45, 7) is 12.9. The Kier molecular flexibility index (Phi) is 6.27. The molecule has 3 heteroatoms. The zero-order chi connectivity index (χ0) is 13.5. The van der Waals surface area contributed by atoms with Crippen LogP contribution in [-0.4, -0.2) is 16.5 Å². The van der Waals surface area contributed by atoms with Crippen molar-refractivity contribution in [2.24, 2.45) is 5.92 Å². The van der Waals surface area contributed by atoms with E-state index < -0.39 is 0 Å². The fraction of sp³-hybridized carbons (Fsp3) is 0.733. The summed E-state index contributed by atoms with van der Waals surface area (Å²) in [6.07, 6.45) is 4.12. The molecule has 0 aliphatic rings. The van der Waals surface area contributed by atoms with Crippen LogP contribution < -0.4 is 5.32 Å². The van der Waals surface area contributed by atoms with E-state index in [2.05, 4.69) is 44.9 Å². The summed E-state index contributed by atoms with van der Waals surface area (Å²) in [6, 6.07) is 0. The van der Waals surface area contributed by atoms with Crippen molar-refractivity contribution in [3.8, 4) is 0 Å². The number of hydrogen-bond donors (Lipinski definition) is 1. The summed E-state index contributed by atoms with van der Waals surface area (Å²) in [5.41, 5.74) is 2.44. The number of aromatic nitrogens is 2. The molecule has 1 heterocycles. The third kappa shape index (κ3) is 4.73. The van der Waals surface area contributed by atoms with Crippen LogP contribution in [0.25, 0.3) is 0 Å². The van der Waals surface area contributed by atoms with E-state index in [1.165, 1.54) is 11.3 Å². The number of hydrogen-bond acceptors (Lipinski definition) is 3. The van der Waals surface area contributed by atoms with Gasteiger partial charge in [0.2, 0.25) is 0 Å². The number of rotatable bonds is 7. The van der Waals surface area contributed by atoms with Gasteiger partial charge in [0.05, 0.1) is 5.69 Å². The highest BCUT2D eigenvalue weighted by Crippen LogP contribution is 2.17. The van der Waals surface area contributed by atoms with E-state index in [0.29, 0.717) is 11.8 Å². The van der Waals surface area contributed by atoms with Gasteiger partial charge < -0.3 is 5.32 Å². The van der Waals surface area contributed by atoms with Crippen LogP contribution in [0.2, 0.25) is 0 Å². The Balaban J connectivity index is 2.83. The van der Waals surface area contributed by atoms with Crippen molar-refractivity contribution < 1.29 is 0 Å². The van der Waals surface area contributed by atoms with E-state index >= 15 is 0 Å². The molecule has 0 saturated carbocycles. The standard InChI is InChI=1S/C15H27N3/c1-6-7-16-9-13-10-17-14(8-11(2)3)18-15(13)12(4)5/h10-12,16H,6-9H2,1-5H3. The molecule has 0 fully saturated rings. The first-order valence-electron chi connectivity index (χ1n) is 7.10. The molecule has 0 bridgehead atoms. The van der Waals surface area contributed by atoms with Crippen LogP contribution in [0.15, 0.2) is 6.20 Å². The first kappa shape index (κ1) is 15.1. The molecule has 0 aliphatic heterocycles. The molecule has 1 aromatic heterocycles. The predicted molar refractivity (Wildman–Crippen MR) is 76.7 cm³/mol. The minimum atomic E-state index is 0.456. The SMILES string of the molecule is CCCNCc1cnc(CC(C)C)nc1C(C)C. The van der Waals surface area contributed by atoms with Crippen LogP contribution in [0.5, 0.6) is 0 Å². The van der Waals surface area contributed by atoms with Crippen LogP contribution in [0.3, 0.4) is 0 Å². The normalized spacial score (nSPS) is 11.5. The Bertz CT molecular complexity index is 359. The van der Waals surface area contributed by atoms with Crippen molar-refractivity contribution in [1.29, 1.82) is 0 Å². The van der Waals surface area contributed by atoms with Gasteiger partial charge in [0.15, 0.2) is 0 Å². The molecule has 0 radical (unpaired) electrons. The van der Waals surface area contributed by atoms with Gasteiger partial charge in [-0.3, -0.25) is 0 Å². The lowest BCUT2D eigenvalue weighted by Crippen LogP contribution is -2.17. The maximum atomic E-state index is 4.74. The van der Waals surface area contributed by atoms with Gasteiger partial charge in [0.25, 0.3) is 0 Å². The quantitative estimate of drug-likeness (QED) is 0.753. The molecule has 0 atom stereocenters. The van der Waals surface area contributed by atoms with Gasteiger partial charge in [-0.05, 0) is 24.8 Å². The van der Waals surface area contributed by atoms with E-state index in [1.807, 2.05) is 6.20 Å². The molecular formula is C15H27N3. The first-order valence-corrected chi connectivity index (χ1v) is 7.10. The Morgan fingerprint density at radius 3 is 2.50 bits per heavy atom. The molecule has 3 nitrogen and oxygen atoms in total. The Labute approximate surface area is 111 Å². The van der Waals surface area contributed by atoms with E-state index in [1.54, 1.807) is 0 Å². The van der Waals surface area contributed by atoms with E-state index in [0.717, 1.165) is 31.8 Å². The average molecular weight is 249 g/mol. The second-order valence-electron chi connectivity index (χ2n) is 5.63. The predicted octanol–water partition coefficient (Wildman–Crippen LogP) is 3.30. The van der Waals surface area contributed by atoms with Gasteiger partial charge in [-0.15, -0.1) is 0 Å². The highest BCUT2D eigenvalue weighted by molar-refractivity contribution is 5.20. The minimum Gasteiger partial charge on any atom is -0.313 e. The van der Waals surface area contributed by atoms with Gasteiger partial charge in [-0.1, -0.05) is 34.6 Å². The monoisotopic (exact) mass is 249 g/mol. The Hall–Kier alpha value is -0.960. The Morgan fingerprint density at radius 2 is 1.94 bits per heavy atom.